The zero-order chi connectivity index (χ0) is 10.1. The molecule has 1 rings (SSSR count). The van der Waals surface area contributed by atoms with Gasteiger partial charge in [-0.05, 0) is 7.05 Å². The van der Waals surface area contributed by atoms with Gasteiger partial charge in [-0.1, -0.05) is 0 Å². The Balaban J connectivity index is 2.58. The summed E-state index contributed by atoms with van der Waals surface area (Å²) in [7, 11) is 1.50. The minimum atomic E-state index is -4.75. The van der Waals surface area contributed by atoms with Crippen molar-refractivity contribution in [1.82, 2.24) is 10.2 Å². The smallest absolute Gasteiger partial charge is 0.314 e. The Morgan fingerprint density at radius 3 is 2.54 bits per heavy atom. The molecule has 1 aliphatic heterocycles. The molecule has 0 bridgehead atoms. The molecule has 2 atom stereocenters. The van der Waals surface area contributed by atoms with E-state index in [-0.39, 0.29) is 6.54 Å². The highest BCUT2D eigenvalue weighted by Gasteiger charge is 2.47. The number of alkyl halides is 4. The Morgan fingerprint density at radius 1 is 1.46 bits per heavy atom. The molecule has 0 aromatic carbocycles. The molecular weight excluding hydrogens is 188 g/mol. The summed E-state index contributed by atoms with van der Waals surface area (Å²) in [6.45, 7) is 1.11. The van der Waals surface area contributed by atoms with E-state index in [4.69, 9.17) is 0 Å². The van der Waals surface area contributed by atoms with E-state index in [0.717, 1.165) is 0 Å². The predicted molar refractivity (Wildman–Crippen MR) is 40.2 cm³/mol. The molecule has 0 saturated carbocycles. The third-order valence-electron chi connectivity index (χ3n) is 2.21. The van der Waals surface area contributed by atoms with Crippen LogP contribution in [0.1, 0.15) is 0 Å². The van der Waals surface area contributed by atoms with Crippen LogP contribution in [0.4, 0.5) is 17.6 Å². The molecule has 78 valence electrons. The lowest BCUT2D eigenvalue weighted by Gasteiger charge is -2.35. The monoisotopic (exact) mass is 200 g/mol. The van der Waals surface area contributed by atoms with Gasteiger partial charge in [-0.25, -0.2) is 4.39 Å². The molecule has 2 unspecified atom stereocenters. The third-order valence-corrected chi connectivity index (χ3v) is 2.21. The predicted octanol–water partition coefficient (Wildman–Crippen LogP) is 0.790. The number of hydrogen-bond acceptors (Lipinski definition) is 2. The van der Waals surface area contributed by atoms with E-state index in [1.54, 1.807) is 0 Å². The van der Waals surface area contributed by atoms with Crippen LogP contribution in [-0.2, 0) is 0 Å². The fourth-order valence-electron chi connectivity index (χ4n) is 1.37. The molecule has 6 heteroatoms. The molecule has 1 N–H and O–H groups in total. The normalized spacial score (nSPS) is 28.8. The third kappa shape index (κ3) is 2.54. The van der Waals surface area contributed by atoms with Crippen LogP contribution in [0.2, 0.25) is 0 Å². The average molecular weight is 200 g/mol. The Kier molecular flexibility index (Phi) is 3.13. The van der Waals surface area contributed by atoms with E-state index in [1.165, 1.54) is 11.9 Å². The molecule has 2 nitrogen and oxygen atoms in total. The minimum Gasteiger partial charge on any atom is -0.314 e. The van der Waals surface area contributed by atoms with Crippen LogP contribution in [0.3, 0.4) is 0 Å². The van der Waals surface area contributed by atoms with Gasteiger partial charge in [0, 0.05) is 19.6 Å². The van der Waals surface area contributed by atoms with Crippen molar-refractivity contribution in [2.75, 3.05) is 26.7 Å². The summed E-state index contributed by atoms with van der Waals surface area (Å²) < 4.78 is 48.8. The first-order valence-electron chi connectivity index (χ1n) is 4.04. The largest absolute Gasteiger partial charge is 0.421 e. The molecule has 1 aliphatic rings. The zero-order valence-corrected chi connectivity index (χ0v) is 7.24. The summed E-state index contributed by atoms with van der Waals surface area (Å²) in [4.78, 5) is 1.40. The van der Waals surface area contributed by atoms with Crippen molar-refractivity contribution >= 4 is 0 Å². The molecule has 1 fully saturated rings. The second-order valence-corrected chi connectivity index (χ2v) is 3.20. The SMILES string of the molecule is CN1CCNCC1C(F)C(F)(F)F. The van der Waals surface area contributed by atoms with Gasteiger partial charge in [-0.3, -0.25) is 4.90 Å². The van der Waals surface area contributed by atoms with Crippen molar-refractivity contribution in [3.8, 4) is 0 Å². The van der Waals surface area contributed by atoms with Gasteiger partial charge in [-0.2, -0.15) is 13.2 Å². The van der Waals surface area contributed by atoms with Crippen LogP contribution in [0, 0.1) is 0 Å². The number of piperazine rings is 1. The molecular formula is C7H12F4N2. The Hall–Kier alpha value is -0.360. The van der Waals surface area contributed by atoms with E-state index in [9.17, 15) is 17.6 Å². The second-order valence-electron chi connectivity index (χ2n) is 3.20. The number of likely N-dealkylation sites (N-methyl/N-ethyl adjacent to an activating group) is 1. The minimum absolute atomic E-state index is 0.0528. The summed E-state index contributed by atoms with van der Waals surface area (Å²) in [6, 6.07) is -1.09. The standard InChI is InChI=1S/C7H12F4N2/c1-13-3-2-12-4-5(13)6(8)7(9,10)11/h5-6,12H,2-4H2,1H3. The Labute approximate surface area is 73.9 Å². The topological polar surface area (TPSA) is 15.3 Å². The number of nitrogens with one attached hydrogen (secondary N) is 1. The van der Waals surface area contributed by atoms with Gasteiger partial charge in [0.1, 0.15) is 0 Å². The molecule has 0 aromatic rings. The quantitative estimate of drug-likeness (QED) is 0.629. The summed E-state index contributed by atoms with van der Waals surface area (Å²) >= 11 is 0. The summed E-state index contributed by atoms with van der Waals surface area (Å²) in [6.07, 6.45) is -7.51. The van der Waals surface area contributed by atoms with E-state index >= 15 is 0 Å². The van der Waals surface area contributed by atoms with Gasteiger partial charge in [-0.15, -0.1) is 0 Å². The molecule has 0 aliphatic carbocycles. The maximum absolute atomic E-state index is 12.8. The first-order chi connectivity index (χ1) is 5.93. The van der Waals surface area contributed by atoms with Crippen LogP contribution in [0.15, 0.2) is 0 Å². The van der Waals surface area contributed by atoms with Crippen molar-refractivity contribution in [2.45, 2.75) is 18.4 Å². The fraction of sp³-hybridized carbons (Fsp3) is 1.00. The van der Waals surface area contributed by atoms with Gasteiger partial charge in [0.25, 0.3) is 0 Å². The maximum atomic E-state index is 12.8. The molecule has 13 heavy (non-hydrogen) atoms. The van der Waals surface area contributed by atoms with Crippen molar-refractivity contribution in [1.29, 1.82) is 0 Å². The van der Waals surface area contributed by atoms with Gasteiger partial charge >= 0.3 is 6.18 Å². The molecule has 0 radical (unpaired) electrons. The van der Waals surface area contributed by atoms with Crippen molar-refractivity contribution in [3.63, 3.8) is 0 Å². The first-order valence-corrected chi connectivity index (χ1v) is 4.04. The number of hydrogen-bond donors (Lipinski definition) is 1. The lowest BCUT2D eigenvalue weighted by atomic mass is 10.1. The molecule has 0 aromatic heterocycles. The number of nitrogens with zero attached hydrogens (tertiary/aromatic N) is 1. The molecule has 0 spiro atoms. The summed E-state index contributed by atoms with van der Waals surface area (Å²) in [5.41, 5.74) is 0. The highest BCUT2D eigenvalue weighted by Crippen LogP contribution is 2.27. The van der Waals surface area contributed by atoms with Crippen LogP contribution >= 0.6 is 0 Å². The van der Waals surface area contributed by atoms with Crippen molar-refractivity contribution in [2.24, 2.45) is 0 Å². The van der Waals surface area contributed by atoms with Gasteiger partial charge < -0.3 is 5.32 Å². The van der Waals surface area contributed by atoms with Gasteiger partial charge in [0.2, 0.25) is 6.17 Å². The maximum Gasteiger partial charge on any atom is 0.421 e. The number of halogens is 4. The van der Waals surface area contributed by atoms with Crippen LogP contribution in [-0.4, -0.2) is 50.0 Å². The fourth-order valence-corrected chi connectivity index (χ4v) is 1.37. The second kappa shape index (κ2) is 3.79. The van der Waals surface area contributed by atoms with E-state index in [2.05, 4.69) is 5.32 Å². The average Bonchev–Trinajstić information content (AvgIpc) is 2.02. The first kappa shape index (κ1) is 10.7. The Bertz CT molecular complexity index is 170. The Morgan fingerprint density at radius 2 is 2.08 bits per heavy atom. The van der Waals surface area contributed by atoms with Crippen molar-refractivity contribution < 1.29 is 17.6 Å². The van der Waals surface area contributed by atoms with E-state index < -0.39 is 18.4 Å². The van der Waals surface area contributed by atoms with Crippen LogP contribution < -0.4 is 5.32 Å². The highest BCUT2D eigenvalue weighted by molar-refractivity contribution is 4.87. The van der Waals surface area contributed by atoms with E-state index in [1.807, 2.05) is 0 Å². The summed E-state index contributed by atoms with van der Waals surface area (Å²) in [5.74, 6) is 0. The van der Waals surface area contributed by atoms with Gasteiger partial charge in [0.05, 0.1) is 6.04 Å². The van der Waals surface area contributed by atoms with Crippen LogP contribution in [0.5, 0.6) is 0 Å². The van der Waals surface area contributed by atoms with Gasteiger partial charge in [0.15, 0.2) is 0 Å². The lowest BCUT2D eigenvalue weighted by Crippen LogP contribution is -2.56. The highest BCUT2D eigenvalue weighted by atomic mass is 19.4. The van der Waals surface area contributed by atoms with Crippen molar-refractivity contribution in [3.05, 3.63) is 0 Å². The molecule has 1 saturated heterocycles. The molecule has 1 heterocycles. The van der Waals surface area contributed by atoms with E-state index in [0.29, 0.717) is 13.1 Å². The zero-order valence-electron chi connectivity index (χ0n) is 7.24. The number of rotatable bonds is 1. The van der Waals surface area contributed by atoms with Crippen LogP contribution in [0.25, 0.3) is 0 Å². The lowest BCUT2D eigenvalue weighted by molar-refractivity contribution is -0.197. The summed E-state index contributed by atoms with van der Waals surface area (Å²) in [5, 5.41) is 2.74. The molecule has 0 amide bonds.